The Bertz CT molecular complexity index is 1170. The summed E-state index contributed by atoms with van der Waals surface area (Å²) in [5.74, 6) is -0.906. The predicted molar refractivity (Wildman–Crippen MR) is 128 cm³/mol. The van der Waals surface area contributed by atoms with Crippen molar-refractivity contribution in [3.05, 3.63) is 53.6 Å². The summed E-state index contributed by atoms with van der Waals surface area (Å²) < 4.78 is 38.6. The van der Waals surface area contributed by atoms with Crippen LogP contribution < -0.4 is 9.04 Å². The molecule has 1 aliphatic carbocycles. The number of para-hydroxylation sites is 1. The van der Waals surface area contributed by atoms with Crippen LogP contribution in [0.15, 0.2) is 47.4 Å². The van der Waals surface area contributed by atoms with E-state index in [1.807, 2.05) is 12.1 Å². The second kappa shape index (κ2) is 10.0. The van der Waals surface area contributed by atoms with E-state index < -0.39 is 22.6 Å². The van der Waals surface area contributed by atoms with E-state index in [9.17, 15) is 18.0 Å². The standard InChI is InChI=1S/C25H30N2O6S/c1-26(19-9-4-3-5-10-19)24(28)17-33-25(29)21-16-20(12-13-23(21)32-2)34(30,31)27-15-14-18-8-6-7-11-22(18)27/h6-8,11-13,16,19H,3-5,9-10,14-15,17H2,1-2H3. The fourth-order valence-corrected chi connectivity index (χ4v) is 6.20. The molecule has 1 aliphatic heterocycles. The van der Waals surface area contributed by atoms with E-state index >= 15 is 0 Å². The van der Waals surface area contributed by atoms with Crippen molar-refractivity contribution in [3.8, 4) is 5.75 Å². The van der Waals surface area contributed by atoms with E-state index in [-0.39, 0.29) is 28.2 Å². The van der Waals surface area contributed by atoms with Gasteiger partial charge in [-0.1, -0.05) is 37.5 Å². The van der Waals surface area contributed by atoms with Gasteiger partial charge in [0.2, 0.25) is 0 Å². The van der Waals surface area contributed by atoms with Crippen molar-refractivity contribution >= 4 is 27.6 Å². The predicted octanol–water partition coefficient (Wildman–Crippen LogP) is 3.39. The number of likely N-dealkylation sites (N-methyl/N-ethyl adjacent to an activating group) is 1. The topological polar surface area (TPSA) is 93.2 Å². The van der Waals surface area contributed by atoms with Gasteiger partial charge in [0, 0.05) is 19.6 Å². The molecule has 0 unspecified atom stereocenters. The molecule has 0 saturated heterocycles. The van der Waals surface area contributed by atoms with Crippen molar-refractivity contribution in [2.24, 2.45) is 0 Å². The number of anilines is 1. The molecule has 1 amide bonds. The maximum Gasteiger partial charge on any atom is 0.342 e. The van der Waals surface area contributed by atoms with Gasteiger partial charge in [0.05, 0.1) is 17.7 Å². The lowest BCUT2D eigenvalue weighted by Gasteiger charge is -2.31. The van der Waals surface area contributed by atoms with Crippen molar-refractivity contribution in [3.63, 3.8) is 0 Å². The van der Waals surface area contributed by atoms with E-state index in [1.54, 1.807) is 24.1 Å². The summed E-state index contributed by atoms with van der Waals surface area (Å²) in [6.45, 7) is -0.0824. The second-order valence-corrected chi connectivity index (χ2v) is 10.6. The first-order chi connectivity index (χ1) is 16.3. The molecular formula is C25H30N2O6S. The number of esters is 1. The molecule has 1 heterocycles. The molecule has 2 aromatic rings. The van der Waals surface area contributed by atoms with Gasteiger partial charge in [-0.2, -0.15) is 0 Å². The van der Waals surface area contributed by atoms with E-state index in [2.05, 4.69) is 0 Å². The molecule has 0 aromatic heterocycles. The van der Waals surface area contributed by atoms with Crippen LogP contribution in [0.25, 0.3) is 0 Å². The summed E-state index contributed by atoms with van der Waals surface area (Å²) in [4.78, 5) is 27.0. The minimum absolute atomic E-state index is 0.0378. The number of hydrogen-bond acceptors (Lipinski definition) is 6. The first-order valence-corrected chi connectivity index (χ1v) is 13.0. The summed E-state index contributed by atoms with van der Waals surface area (Å²) >= 11 is 0. The molecule has 9 heteroatoms. The number of amides is 1. The van der Waals surface area contributed by atoms with Crippen LogP contribution in [0.2, 0.25) is 0 Å². The Morgan fingerprint density at radius 3 is 2.56 bits per heavy atom. The van der Waals surface area contributed by atoms with Gasteiger partial charge < -0.3 is 14.4 Å². The average Bonchev–Trinajstić information content (AvgIpc) is 3.32. The number of methoxy groups -OCH3 is 1. The fraction of sp³-hybridized carbons (Fsp3) is 0.440. The van der Waals surface area contributed by atoms with Crippen LogP contribution in [0.3, 0.4) is 0 Å². The Labute approximate surface area is 200 Å². The Kier molecular flexibility index (Phi) is 7.11. The normalized spacial score (nSPS) is 16.1. The van der Waals surface area contributed by atoms with E-state index in [0.29, 0.717) is 18.7 Å². The van der Waals surface area contributed by atoms with Crippen molar-refractivity contribution in [1.82, 2.24) is 4.90 Å². The quantitative estimate of drug-likeness (QED) is 0.557. The third-order valence-corrected chi connectivity index (χ3v) is 8.48. The maximum absolute atomic E-state index is 13.4. The van der Waals surface area contributed by atoms with Crippen LogP contribution in [-0.4, -0.2) is 58.5 Å². The third kappa shape index (κ3) is 4.75. The minimum Gasteiger partial charge on any atom is -0.496 e. The molecule has 34 heavy (non-hydrogen) atoms. The van der Waals surface area contributed by atoms with Gasteiger partial charge >= 0.3 is 5.97 Å². The number of ether oxygens (including phenoxy) is 2. The SMILES string of the molecule is COc1ccc(S(=O)(=O)N2CCc3ccccc32)cc1C(=O)OCC(=O)N(C)C1CCCCC1. The molecular weight excluding hydrogens is 456 g/mol. The van der Waals surface area contributed by atoms with Crippen LogP contribution in [0.1, 0.15) is 48.0 Å². The molecule has 0 spiro atoms. The fourth-order valence-electron chi connectivity index (χ4n) is 4.67. The lowest BCUT2D eigenvalue weighted by Crippen LogP contribution is -2.40. The van der Waals surface area contributed by atoms with Crippen LogP contribution in [0, 0.1) is 0 Å². The highest BCUT2D eigenvalue weighted by Gasteiger charge is 2.32. The van der Waals surface area contributed by atoms with E-state index in [1.165, 1.54) is 36.0 Å². The lowest BCUT2D eigenvalue weighted by atomic mass is 9.94. The largest absolute Gasteiger partial charge is 0.496 e. The van der Waals surface area contributed by atoms with Crippen LogP contribution >= 0.6 is 0 Å². The molecule has 182 valence electrons. The van der Waals surface area contributed by atoms with Gasteiger partial charge in [-0.3, -0.25) is 9.10 Å². The lowest BCUT2D eigenvalue weighted by molar-refractivity contribution is -0.135. The number of rotatable bonds is 7. The average molecular weight is 487 g/mol. The van der Waals surface area contributed by atoms with Crippen molar-refractivity contribution < 1.29 is 27.5 Å². The summed E-state index contributed by atoms with van der Waals surface area (Å²) in [7, 11) is -0.780. The smallest absolute Gasteiger partial charge is 0.342 e. The molecule has 0 atom stereocenters. The van der Waals surface area contributed by atoms with Gasteiger partial charge in [-0.15, -0.1) is 0 Å². The molecule has 0 bridgehead atoms. The molecule has 0 N–H and O–H groups in total. The highest BCUT2D eigenvalue weighted by Crippen LogP contribution is 2.34. The first-order valence-electron chi connectivity index (χ1n) is 11.5. The van der Waals surface area contributed by atoms with Crippen molar-refractivity contribution in [2.75, 3.05) is 31.6 Å². The zero-order valence-corrected chi connectivity index (χ0v) is 20.3. The molecule has 1 fully saturated rings. The Morgan fingerprint density at radius 2 is 1.82 bits per heavy atom. The summed E-state index contributed by atoms with van der Waals surface area (Å²) in [5, 5.41) is 0. The summed E-state index contributed by atoms with van der Waals surface area (Å²) in [6.07, 6.45) is 5.86. The monoisotopic (exact) mass is 486 g/mol. The van der Waals surface area contributed by atoms with Gasteiger partial charge in [0.15, 0.2) is 6.61 Å². The van der Waals surface area contributed by atoms with E-state index in [4.69, 9.17) is 9.47 Å². The highest BCUT2D eigenvalue weighted by molar-refractivity contribution is 7.92. The Hall–Kier alpha value is -3.07. The van der Waals surface area contributed by atoms with Gasteiger partial charge in [0.25, 0.3) is 15.9 Å². The second-order valence-electron chi connectivity index (χ2n) is 8.69. The zero-order valence-electron chi connectivity index (χ0n) is 19.5. The number of hydrogen-bond donors (Lipinski definition) is 0. The Balaban J connectivity index is 1.51. The van der Waals surface area contributed by atoms with Gasteiger partial charge in [0.1, 0.15) is 11.3 Å². The number of carbonyl (C=O) groups excluding carboxylic acids is 2. The van der Waals surface area contributed by atoms with Crippen LogP contribution in [-0.2, 0) is 26.0 Å². The molecule has 8 nitrogen and oxygen atoms in total. The minimum atomic E-state index is -3.90. The van der Waals surface area contributed by atoms with Gasteiger partial charge in [-0.25, -0.2) is 13.2 Å². The summed E-state index contributed by atoms with van der Waals surface area (Å²) in [5.41, 5.74) is 1.56. The Morgan fingerprint density at radius 1 is 1.09 bits per heavy atom. The number of nitrogens with zero attached hydrogens (tertiary/aromatic N) is 2. The first kappa shape index (κ1) is 24.1. The van der Waals surface area contributed by atoms with Crippen molar-refractivity contribution in [2.45, 2.75) is 49.5 Å². The molecule has 2 aromatic carbocycles. The highest BCUT2D eigenvalue weighted by atomic mass is 32.2. The number of carbonyl (C=O) groups is 2. The van der Waals surface area contributed by atoms with Crippen LogP contribution in [0.5, 0.6) is 5.75 Å². The van der Waals surface area contributed by atoms with Gasteiger partial charge in [-0.05, 0) is 49.1 Å². The molecule has 0 radical (unpaired) electrons. The number of fused-ring (bicyclic) bond motifs is 1. The van der Waals surface area contributed by atoms with Crippen molar-refractivity contribution in [1.29, 1.82) is 0 Å². The van der Waals surface area contributed by atoms with Crippen LogP contribution in [0.4, 0.5) is 5.69 Å². The molecule has 2 aliphatic rings. The number of sulfonamides is 1. The molecule has 1 saturated carbocycles. The number of benzene rings is 2. The maximum atomic E-state index is 13.4. The third-order valence-electron chi connectivity index (χ3n) is 6.67. The van der Waals surface area contributed by atoms with E-state index in [0.717, 1.165) is 31.2 Å². The summed E-state index contributed by atoms with van der Waals surface area (Å²) in [6, 6.07) is 11.6. The molecule has 4 rings (SSSR count). The zero-order chi connectivity index (χ0) is 24.3.